The van der Waals surface area contributed by atoms with E-state index in [1.807, 2.05) is 4.90 Å². The van der Waals surface area contributed by atoms with E-state index in [-0.39, 0.29) is 23.6 Å². The molecule has 0 bridgehead atoms. The van der Waals surface area contributed by atoms with Crippen LogP contribution in [0.2, 0.25) is 0 Å². The molecule has 0 saturated carbocycles. The van der Waals surface area contributed by atoms with Crippen molar-refractivity contribution in [2.45, 2.75) is 32.4 Å². The average Bonchev–Trinajstić information content (AvgIpc) is 2.92. The molecule has 1 aliphatic heterocycles. The summed E-state index contributed by atoms with van der Waals surface area (Å²) in [6.45, 7) is 4.91. The van der Waals surface area contributed by atoms with E-state index in [1.165, 1.54) is 6.07 Å². The van der Waals surface area contributed by atoms with Gasteiger partial charge in [-0.3, -0.25) is 9.69 Å². The van der Waals surface area contributed by atoms with E-state index < -0.39 is 17.7 Å². The van der Waals surface area contributed by atoms with Gasteiger partial charge in [0.2, 0.25) is 5.91 Å². The molecule has 6 heteroatoms. The second kappa shape index (κ2) is 6.49. The van der Waals surface area contributed by atoms with Crippen molar-refractivity contribution in [3.63, 3.8) is 0 Å². The number of carbonyl (C=O) groups excluding carboxylic acids is 1. The predicted octanol–water partition coefficient (Wildman–Crippen LogP) is 1.99. The number of nitrogens with one attached hydrogen (secondary N) is 1. The van der Waals surface area contributed by atoms with Gasteiger partial charge in [-0.05, 0) is 44.9 Å². The smallest absolute Gasteiger partial charge is 0.241 e. The average molecular weight is 298 g/mol. The van der Waals surface area contributed by atoms with Gasteiger partial charge in [-0.2, -0.15) is 0 Å². The highest BCUT2D eigenvalue weighted by Crippen LogP contribution is 2.22. The third-order valence-corrected chi connectivity index (χ3v) is 4.05. The lowest BCUT2D eigenvalue weighted by molar-refractivity contribution is -0.120. The number of rotatable bonds is 4. The number of hydrogen-bond acceptors (Lipinski definition) is 3. The van der Waals surface area contributed by atoms with Gasteiger partial charge in [0, 0.05) is 18.3 Å². The standard InChI is InChI=1S/C15H20F2N2O2/c1-9(19-6-5-11(8-19)10(2)20)15(21)18-12-3-4-13(16)14(17)7-12/h3-4,7,9-11,20H,5-6,8H2,1-2H3,(H,18,21). The summed E-state index contributed by atoms with van der Waals surface area (Å²) in [7, 11) is 0. The van der Waals surface area contributed by atoms with Crippen molar-refractivity contribution in [2.24, 2.45) is 5.92 Å². The van der Waals surface area contributed by atoms with Gasteiger partial charge in [-0.15, -0.1) is 0 Å². The molecule has 2 N–H and O–H groups in total. The minimum absolute atomic E-state index is 0.170. The van der Waals surface area contributed by atoms with Crippen LogP contribution in [-0.4, -0.2) is 41.1 Å². The van der Waals surface area contributed by atoms with Crippen molar-refractivity contribution >= 4 is 11.6 Å². The Balaban J connectivity index is 1.95. The van der Waals surface area contributed by atoms with E-state index in [0.29, 0.717) is 6.54 Å². The number of halogens is 2. The van der Waals surface area contributed by atoms with Gasteiger partial charge in [-0.1, -0.05) is 0 Å². The van der Waals surface area contributed by atoms with Crippen LogP contribution < -0.4 is 5.32 Å². The summed E-state index contributed by atoms with van der Waals surface area (Å²) >= 11 is 0. The fraction of sp³-hybridized carbons (Fsp3) is 0.533. The third kappa shape index (κ3) is 3.77. The van der Waals surface area contributed by atoms with Crippen molar-refractivity contribution in [3.05, 3.63) is 29.8 Å². The molecule has 1 heterocycles. The molecule has 1 aliphatic rings. The molecular formula is C15H20F2N2O2. The highest BCUT2D eigenvalue weighted by atomic mass is 19.2. The fourth-order valence-corrected chi connectivity index (χ4v) is 2.55. The number of aliphatic hydroxyl groups is 1. The van der Waals surface area contributed by atoms with Crippen LogP contribution in [0.3, 0.4) is 0 Å². The van der Waals surface area contributed by atoms with Crippen LogP contribution in [0.15, 0.2) is 18.2 Å². The molecule has 1 fully saturated rings. The van der Waals surface area contributed by atoms with E-state index >= 15 is 0 Å². The predicted molar refractivity (Wildman–Crippen MR) is 75.8 cm³/mol. The highest BCUT2D eigenvalue weighted by Gasteiger charge is 2.31. The lowest BCUT2D eigenvalue weighted by atomic mass is 10.0. The number of benzene rings is 1. The summed E-state index contributed by atoms with van der Waals surface area (Å²) in [5.41, 5.74) is 0.233. The van der Waals surface area contributed by atoms with Gasteiger partial charge < -0.3 is 10.4 Å². The molecule has 1 aromatic rings. The normalized spacial score (nSPS) is 22.0. The van der Waals surface area contributed by atoms with Gasteiger partial charge in [0.1, 0.15) is 0 Å². The first-order valence-electron chi connectivity index (χ1n) is 7.06. The number of amides is 1. The monoisotopic (exact) mass is 298 g/mol. The Morgan fingerprint density at radius 3 is 2.67 bits per heavy atom. The van der Waals surface area contributed by atoms with Crippen molar-refractivity contribution in [3.8, 4) is 0 Å². The molecule has 4 nitrogen and oxygen atoms in total. The summed E-state index contributed by atoms with van der Waals surface area (Å²) in [6.07, 6.45) is 0.456. The van der Waals surface area contributed by atoms with Crippen LogP contribution in [0.4, 0.5) is 14.5 Å². The molecule has 0 radical (unpaired) electrons. The summed E-state index contributed by atoms with van der Waals surface area (Å²) < 4.78 is 25.9. The number of aliphatic hydroxyl groups excluding tert-OH is 1. The molecule has 0 spiro atoms. The molecule has 1 aromatic carbocycles. The minimum Gasteiger partial charge on any atom is -0.393 e. The fourth-order valence-electron chi connectivity index (χ4n) is 2.55. The van der Waals surface area contributed by atoms with Crippen molar-refractivity contribution in [1.29, 1.82) is 0 Å². The number of anilines is 1. The molecule has 21 heavy (non-hydrogen) atoms. The molecule has 0 aromatic heterocycles. The van der Waals surface area contributed by atoms with Crippen LogP contribution in [0.1, 0.15) is 20.3 Å². The van der Waals surface area contributed by atoms with Gasteiger partial charge in [0.05, 0.1) is 12.1 Å². The van der Waals surface area contributed by atoms with Gasteiger partial charge in [-0.25, -0.2) is 8.78 Å². The molecule has 116 valence electrons. The maximum Gasteiger partial charge on any atom is 0.241 e. The zero-order valence-corrected chi connectivity index (χ0v) is 12.1. The zero-order valence-electron chi connectivity index (χ0n) is 12.1. The molecule has 0 aliphatic carbocycles. The van der Waals surface area contributed by atoms with E-state index in [9.17, 15) is 18.7 Å². The highest BCUT2D eigenvalue weighted by molar-refractivity contribution is 5.94. The van der Waals surface area contributed by atoms with E-state index in [0.717, 1.165) is 25.1 Å². The molecule has 2 rings (SSSR count). The lowest BCUT2D eigenvalue weighted by Crippen LogP contribution is -2.41. The number of nitrogens with zero attached hydrogens (tertiary/aromatic N) is 1. The van der Waals surface area contributed by atoms with E-state index in [1.54, 1.807) is 13.8 Å². The minimum atomic E-state index is -0.990. The number of hydrogen-bond donors (Lipinski definition) is 2. The molecule has 1 amide bonds. The lowest BCUT2D eigenvalue weighted by Gasteiger charge is -2.24. The van der Waals surface area contributed by atoms with Gasteiger partial charge >= 0.3 is 0 Å². The van der Waals surface area contributed by atoms with E-state index in [2.05, 4.69) is 5.32 Å². The Morgan fingerprint density at radius 2 is 2.10 bits per heavy atom. The topological polar surface area (TPSA) is 52.6 Å². The summed E-state index contributed by atoms with van der Waals surface area (Å²) in [6, 6.07) is 2.88. The van der Waals surface area contributed by atoms with Gasteiger partial charge in [0.25, 0.3) is 0 Å². The zero-order chi connectivity index (χ0) is 15.6. The second-order valence-corrected chi connectivity index (χ2v) is 5.58. The maximum absolute atomic E-state index is 13.1. The van der Waals surface area contributed by atoms with Crippen molar-refractivity contribution in [2.75, 3.05) is 18.4 Å². The quantitative estimate of drug-likeness (QED) is 0.894. The SMILES string of the molecule is CC(O)C1CCN(C(C)C(=O)Nc2ccc(F)c(F)c2)C1. The Kier molecular flexibility index (Phi) is 4.90. The summed E-state index contributed by atoms with van der Waals surface area (Å²) in [4.78, 5) is 14.1. The Bertz CT molecular complexity index is 522. The first kappa shape index (κ1) is 15.9. The Hall–Kier alpha value is -1.53. The molecule has 1 saturated heterocycles. The molecular weight excluding hydrogens is 278 g/mol. The van der Waals surface area contributed by atoms with Gasteiger partial charge in [0.15, 0.2) is 11.6 Å². The van der Waals surface area contributed by atoms with Crippen molar-refractivity contribution < 1.29 is 18.7 Å². The summed E-state index contributed by atoms with van der Waals surface area (Å²) in [5, 5.41) is 12.2. The number of likely N-dealkylation sites (tertiary alicyclic amines) is 1. The van der Waals surface area contributed by atoms with Crippen LogP contribution in [-0.2, 0) is 4.79 Å². The maximum atomic E-state index is 13.1. The Morgan fingerprint density at radius 1 is 1.38 bits per heavy atom. The largest absolute Gasteiger partial charge is 0.393 e. The Labute approximate surface area is 122 Å². The summed E-state index contributed by atoms with van der Waals surface area (Å²) in [5.74, 6) is -2.04. The second-order valence-electron chi connectivity index (χ2n) is 5.58. The first-order chi connectivity index (χ1) is 9.88. The van der Waals surface area contributed by atoms with Crippen LogP contribution in [0.25, 0.3) is 0 Å². The van der Waals surface area contributed by atoms with Crippen molar-refractivity contribution in [1.82, 2.24) is 4.90 Å². The van der Waals surface area contributed by atoms with Crippen LogP contribution in [0.5, 0.6) is 0 Å². The van der Waals surface area contributed by atoms with Crippen LogP contribution >= 0.6 is 0 Å². The van der Waals surface area contributed by atoms with Crippen LogP contribution in [0, 0.1) is 17.6 Å². The third-order valence-electron chi connectivity index (χ3n) is 4.05. The first-order valence-corrected chi connectivity index (χ1v) is 7.06. The number of carbonyl (C=O) groups is 1. The van der Waals surface area contributed by atoms with E-state index in [4.69, 9.17) is 0 Å². The molecule has 3 unspecified atom stereocenters. The molecule has 3 atom stereocenters.